The quantitative estimate of drug-likeness (QED) is 0.377. The van der Waals surface area contributed by atoms with Gasteiger partial charge in [0.25, 0.3) is 11.4 Å². The Morgan fingerprint density at radius 2 is 1.60 bits per heavy atom. The van der Waals surface area contributed by atoms with Crippen molar-refractivity contribution in [2.45, 2.75) is 0 Å². The van der Waals surface area contributed by atoms with Crippen LogP contribution in [0.2, 0.25) is 0 Å². The summed E-state index contributed by atoms with van der Waals surface area (Å²) in [5.41, 5.74) is 0. The molecule has 5 heavy (non-hydrogen) atoms. The lowest BCUT2D eigenvalue weighted by molar-refractivity contribution is 0.454. The van der Waals surface area contributed by atoms with Crippen LogP contribution >= 0.6 is 0 Å². The molecule has 0 unspecified atom stereocenters. The first kappa shape index (κ1) is 8.90. The van der Waals surface area contributed by atoms with Crippen LogP contribution in [0.25, 0.3) is 0 Å². The highest BCUT2D eigenvalue weighted by atomic mass is 32.2. The van der Waals surface area contributed by atoms with Gasteiger partial charge in [0.2, 0.25) is 0 Å². The third-order valence-electron chi connectivity index (χ3n) is 0. The molecular formula is H7NO3S. The Bertz CT molecular complexity index is 33.8. The van der Waals surface area contributed by atoms with Gasteiger partial charge in [-0.1, -0.05) is 0 Å². The van der Waals surface area contributed by atoms with Gasteiger partial charge in [0.1, 0.15) is 0 Å². The molecule has 0 aromatic rings. The van der Waals surface area contributed by atoms with Crippen molar-refractivity contribution >= 4 is 11.4 Å². The minimum absolute atomic E-state index is 0. The van der Waals surface area contributed by atoms with Crippen LogP contribution in [0.1, 0.15) is 1.43 Å². The summed E-state index contributed by atoms with van der Waals surface area (Å²) in [6.07, 6.45) is 0. The minimum Gasteiger partial charge on any atom is -0.344 e. The normalized spacial score (nSPS) is 7.00. The van der Waals surface area contributed by atoms with E-state index in [-0.39, 0.29) is 7.58 Å². The SMILES string of the molecule is N.O=S(O)O.[HH]. The Balaban J connectivity index is -0.0000000450. The molecule has 0 radical (unpaired) electrons. The molecule has 0 aliphatic carbocycles. The second kappa shape index (κ2) is 4.03. The van der Waals surface area contributed by atoms with E-state index in [0.717, 1.165) is 0 Å². The molecule has 36 valence electrons. The van der Waals surface area contributed by atoms with Crippen molar-refractivity contribution in [2.24, 2.45) is 0 Å². The van der Waals surface area contributed by atoms with E-state index in [4.69, 9.17) is 13.3 Å². The third kappa shape index (κ3) is 18500. The molecule has 0 fully saturated rings. The average Bonchev–Trinajstić information content (AvgIpc) is 0.811. The highest BCUT2D eigenvalue weighted by Gasteiger charge is 1.62. The van der Waals surface area contributed by atoms with Gasteiger partial charge in [0.15, 0.2) is 0 Å². The van der Waals surface area contributed by atoms with E-state index < -0.39 is 11.4 Å². The Morgan fingerprint density at radius 3 is 1.60 bits per heavy atom. The monoisotopic (exact) mass is 101 g/mol. The summed E-state index contributed by atoms with van der Waals surface area (Å²) in [6.45, 7) is 0. The molecule has 0 saturated heterocycles. The van der Waals surface area contributed by atoms with Crippen LogP contribution < -0.4 is 6.15 Å². The fourth-order valence-corrected chi connectivity index (χ4v) is 0. The van der Waals surface area contributed by atoms with Gasteiger partial charge in [-0.15, -0.1) is 0 Å². The van der Waals surface area contributed by atoms with Gasteiger partial charge in [-0.25, -0.2) is 0 Å². The molecule has 0 spiro atoms. The van der Waals surface area contributed by atoms with E-state index in [0.29, 0.717) is 0 Å². The summed E-state index contributed by atoms with van der Waals surface area (Å²) in [4.78, 5) is 0. The molecule has 0 rings (SSSR count). The molecule has 5 heteroatoms. The molecule has 0 saturated carbocycles. The van der Waals surface area contributed by atoms with E-state index in [1.54, 1.807) is 0 Å². The molecular weight excluding hydrogens is 94.1 g/mol. The van der Waals surface area contributed by atoms with Gasteiger partial charge < -0.3 is 6.15 Å². The fourth-order valence-electron chi connectivity index (χ4n) is 0. The minimum atomic E-state index is -2.61. The maximum Gasteiger partial charge on any atom is 0.299 e. The van der Waals surface area contributed by atoms with Crippen LogP contribution in [0.15, 0.2) is 0 Å². The van der Waals surface area contributed by atoms with Gasteiger partial charge in [-0.05, 0) is 0 Å². The van der Waals surface area contributed by atoms with E-state index in [9.17, 15) is 0 Å². The Kier molecular flexibility index (Phi) is 7.17. The van der Waals surface area contributed by atoms with E-state index >= 15 is 0 Å². The summed E-state index contributed by atoms with van der Waals surface area (Å²) < 4.78 is 22.8. The predicted octanol–water partition coefficient (Wildman–Crippen LogP) is 0.0891. The van der Waals surface area contributed by atoms with Crippen LogP contribution in [0.3, 0.4) is 0 Å². The van der Waals surface area contributed by atoms with Crippen molar-refractivity contribution in [3.05, 3.63) is 0 Å². The van der Waals surface area contributed by atoms with Gasteiger partial charge in [0.05, 0.1) is 0 Å². The lowest BCUT2D eigenvalue weighted by atomic mass is 14.0. The van der Waals surface area contributed by atoms with Crippen LogP contribution in [-0.4, -0.2) is 13.3 Å². The maximum atomic E-state index is 8.67. The highest BCUT2D eigenvalue weighted by Crippen LogP contribution is 1.44. The van der Waals surface area contributed by atoms with Gasteiger partial charge in [-0.2, -0.15) is 4.21 Å². The molecule has 0 bridgehead atoms. The summed E-state index contributed by atoms with van der Waals surface area (Å²) in [6, 6.07) is 0. The molecule has 5 N–H and O–H groups in total. The first-order valence-corrected chi connectivity index (χ1v) is 1.60. The topological polar surface area (TPSA) is 92.5 Å². The van der Waals surface area contributed by atoms with Crippen molar-refractivity contribution in [2.75, 3.05) is 0 Å². The third-order valence-corrected chi connectivity index (χ3v) is 0. The van der Waals surface area contributed by atoms with Crippen molar-refractivity contribution in [1.29, 1.82) is 0 Å². The second-order valence-electron chi connectivity index (χ2n) is 0.231. The van der Waals surface area contributed by atoms with Crippen molar-refractivity contribution in [3.63, 3.8) is 0 Å². The Morgan fingerprint density at radius 1 is 1.60 bits per heavy atom. The van der Waals surface area contributed by atoms with Crippen LogP contribution in [-0.2, 0) is 11.4 Å². The lowest BCUT2D eigenvalue weighted by Gasteiger charge is -1.59. The summed E-state index contributed by atoms with van der Waals surface area (Å²) in [5, 5.41) is 0. The number of rotatable bonds is 0. The zero-order valence-electron chi connectivity index (χ0n) is 2.42. The molecule has 0 heterocycles. The van der Waals surface area contributed by atoms with Gasteiger partial charge in [-0.3, -0.25) is 9.11 Å². The fraction of sp³-hybridized carbons (Fsp3) is 0. The highest BCUT2D eigenvalue weighted by molar-refractivity contribution is 7.73. The van der Waals surface area contributed by atoms with Crippen molar-refractivity contribution < 1.29 is 14.7 Å². The Labute approximate surface area is 33.4 Å². The molecule has 0 aromatic carbocycles. The average molecular weight is 101 g/mol. The first-order valence-electron chi connectivity index (χ1n) is 0.532. The molecule has 0 aliphatic heterocycles. The van der Waals surface area contributed by atoms with E-state index in [1.807, 2.05) is 0 Å². The smallest absolute Gasteiger partial charge is 0.299 e. The van der Waals surface area contributed by atoms with Gasteiger partial charge >= 0.3 is 0 Å². The largest absolute Gasteiger partial charge is 0.344 e. The standard InChI is InChI=1S/H3N.H2O3S.H2/c;1-4(2)3;/h1H3;(H2,1,2,3);1H. The predicted molar refractivity (Wildman–Crippen MR) is 20.5 cm³/mol. The van der Waals surface area contributed by atoms with Crippen molar-refractivity contribution in [1.82, 2.24) is 6.15 Å². The summed E-state index contributed by atoms with van der Waals surface area (Å²) in [5.74, 6) is 0. The maximum absolute atomic E-state index is 8.67. The van der Waals surface area contributed by atoms with Gasteiger partial charge in [0, 0.05) is 1.43 Å². The first-order chi connectivity index (χ1) is 1.73. The van der Waals surface area contributed by atoms with Crippen LogP contribution in [0.4, 0.5) is 0 Å². The van der Waals surface area contributed by atoms with E-state index in [1.165, 1.54) is 0 Å². The molecule has 0 atom stereocenters. The zero-order chi connectivity index (χ0) is 3.58. The molecule has 0 amide bonds. The Hall–Kier alpha value is 0.0300. The number of hydrogen-bond acceptors (Lipinski definition) is 2. The number of hydrogen-bond donors (Lipinski definition) is 3. The van der Waals surface area contributed by atoms with Crippen LogP contribution in [0, 0.1) is 0 Å². The molecule has 4 nitrogen and oxygen atoms in total. The van der Waals surface area contributed by atoms with E-state index in [2.05, 4.69) is 0 Å². The molecule has 0 aliphatic rings. The van der Waals surface area contributed by atoms with Crippen LogP contribution in [0.5, 0.6) is 0 Å². The van der Waals surface area contributed by atoms with Crippen molar-refractivity contribution in [3.8, 4) is 0 Å². The summed E-state index contributed by atoms with van der Waals surface area (Å²) in [7, 11) is 0. The zero-order valence-corrected chi connectivity index (χ0v) is 3.23. The summed E-state index contributed by atoms with van der Waals surface area (Å²) >= 11 is -2.61. The second-order valence-corrected chi connectivity index (χ2v) is 0.692. The molecule has 0 aromatic heterocycles. The lowest BCUT2D eigenvalue weighted by Crippen LogP contribution is -1.74.